The van der Waals surface area contributed by atoms with E-state index in [0.717, 1.165) is 27.3 Å². The fourth-order valence-corrected chi connectivity index (χ4v) is 3.73. The van der Waals surface area contributed by atoms with Crippen molar-refractivity contribution in [1.82, 2.24) is 18.9 Å². The van der Waals surface area contributed by atoms with E-state index in [-0.39, 0.29) is 28.2 Å². The molecule has 176 valence electrons. The van der Waals surface area contributed by atoms with Gasteiger partial charge in [0.2, 0.25) is 0 Å². The summed E-state index contributed by atoms with van der Waals surface area (Å²) >= 11 is 0. The van der Waals surface area contributed by atoms with Crippen LogP contribution in [0.4, 0.5) is 13.2 Å². The van der Waals surface area contributed by atoms with Crippen LogP contribution in [0.3, 0.4) is 0 Å². The van der Waals surface area contributed by atoms with Crippen LogP contribution in [0.15, 0.2) is 64.3 Å². The van der Waals surface area contributed by atoms with Crippen molar-refractivity contribution in [1.29, 1.82) is 5.26 Å². The van der Waals surface area contributed by atoms with Gasteiger partial charge in [0.25, 0.3) is 5.56 Å². The van der Waals surface area contributed by atoms with E-state index in [1.165, 1.54) is 37.0 Å². The van der Waals surface area contributed by atoms with E-state index in [9.17, 15) is 27.6 Å². The smallest absolute Gasteiger partial charge is 0.298 e. The van der Waals surface area contributed by atoms with Crippen molar-refractivity contribution in [2.24, 2.45) is 7.05 Å². The van der Waals surface area contributed by atoms with Crippen LogP contribution in [0.25, 0.3) is 22.6 Å². The van der Waals surface area contributed by atoms with Gasteiger partial charge in [-0.15, -0.1) is 0 Å². The first-order chi connectivity index (χ1) is 16.6. The molecule has 11 heteroatoms. The molecule has 0 saturated carbocycles. The van der Waals surface area contributed by atoms with Crippen LogP contribution in [0.1, 0.15) is 27.2 Å². The molecule has 0 aliphatic heterocycles. The number of hydrogen-bond donors (Lipinski definition) is 0. The maximum Gasteiger partial charge on any atom is 0.416 e. The zero-order valence-electron chi connectivity index (χ0n) is 18.4. The summed E-state index contributed by atoms with van der Waals surface area (Å²) in [4.78, 5) is 37.9. The third-order valence-corrected chi connectivity index (χ3v) is 5.47. The van der Waals surface area contributed by atoms with Crippen molar-refractivity contribution in [2.45, 2.75) is 13.1 Å². The highest BCUT2D eigenvalue weighted by Gasteiger charge is 2.31. The standard InChI is InChI=1S/C24H16F3N5O3/c1-14-20(21-16(13-33)12-31(29-21)18-7-3-5-15(9-18)11-28)22(34)30(2)23(35)32(14)19-8-4-6-17(10-19)24(25,26)27/h3-10,12-13H,1-2H3. The minimum absolute atomic E-state index is 0.0107. The topological polar surface area (TPSA) is 103 Å². The molecule has 8 nitrogen and oxygen atoms in total. The lowest BCUT2D eigenvalue weighted by molar-refractivity contribution is -0.137. The Balaban J connectivity index is 2.00. The quantitative estimate of drug-likeness (QED) is 0.418. The Morgan fingerprint density at radius 2 is 1.74 bits per heavy atom. The fraction of sp³-hybridized carbons (Fsp3) is 0.125. The Hall–Kier alpha value is -4.72. The van der Waals surface area contributed by atoms with E-state index in [2.05, 4.69) is 5.10 Å². The molecular weight excluding hydrogens is 463 g/mol. The zero-order chi connectivity index (χ0) is 25.5. The number of carbonyl (C=O) groups is 1. The van der Waals surface area contributed by atoms with Crippen molar-refractivity contribution >= 4 is 6.29 Å². The number of aromatic nitrogens is 4. The number of nitriles is 1. The SMILES string of the molecule is Cc1c(-c2nn(-c3cccc(C#N)c3)cc2C=O)c(=O)n(C)c(=O)n1-c1cccc(C(F)(F)F)c1. The Kier molecular flexibility index (Phi) is 5.74. The largest absolute Gasteiger partial charge is 0.416 e. The number of hydrogen-bond acceptors (Lipinski definition) is 5. The molecule has 0 unspecified atom stereocenters. The summed E-state index contributed by atoms with van der Waals surface area (Å²) in [6, 6.07) is 12.5. The maximum absolute atomic E-state index is 13.3. The van der Waals surface area contributed by atoms with Crippen LogP contribution in [0, 0.1) is 18.3 Å². The lowest BCUT2D eigenvalue weighted by atomic mass is 10.1. The number of benzene rings is 2. The van der Waals surface area contributed by atoms with Gasteiger partial charge >= 0.3 is 11.9 Å². The molecule has 0 radical (unpaired) electrons. The van der Waals surface area contributed by atoms with Gasteiger partial charge in [-0.25, -0.2) is 9.48 Å². The first-order valence-electron chi connectivity index (χ1n) is 10.1. The molecular formula is C24H16F3N5O3. The number of carbonyl (C=O) groups excluding carboxylic acids is 1. The van der Waals surface area contributed by atoms with E-state index in [0.29, 0.717) is 17.5 Å². The third-order valence-electron chi connectivity index (χ3n) is 5.47. The highest BCUT2D eigenvalue weighted by molar-refractivity contribution is 5.86. The third kappa shape index (κ3) is 4.06. The minimum Gasteiger partial charge on any atom is -0.298 e. The summed E-state index contributed by atoms with van der Waals surface area (Å²) in [5.41, 5.74) is -2.06. The molecule has 0 atom stereocenters. The second-order valence-corrected chi connectivity index (χ2v) is 7.65. The van der Waals surface area contributed by atoms with E-state index in [1.54, 1.807) is 18.2 Å². The summed E-state index contributed by atoms with van der Waals surface area (Å²) in [6.45, 7) is 1.39. The Labute approximate surface area is 195 Å². The van der Waals surface area contributed by atoms with Crippen molar-refractivity contribution in [3.8, 4) is 28.7 Å². The molecule has 0 aliphatic carbocycles. The average Bonchev–Trinajstić information content (AvgIpc) is 3.26. The predicted molar refractivity (Wildman–Crippen MR) is 120 cm³/mol. The first kappa shape index (κ1) is 23.4. The molecule has 35 heavy (non-hydrogen) atoms. The van der Waals surface area contributed by atoms with Gasteiger partial charge in [0.15, 0.2) is 6.29 Å². The lowest BCUT2D eigenvalue weighted by Gasteiger charge is -2.16. The molecule has 4 rings (SSSR count). The molecule has 0 bridgehead atoms. The molecule has 4 aromatic rings. The van der Waals surface area contributed by atoms with Crippen molar-refractivity contribution in [2.75, 3.05) is 0 Å². The second kappa shape index (κ2) is 8.57. The predicted octanol–water partition coefficient (Wildman–Crippen LogP) is 3.40. The minimum atomic E-state index is -4.64. The van der Waals surface area contributed by atoms with Crippen LogP contribution in [-0.4, -0.2) is 25.2 Å². The van der Waals surface area contributed by atoms with Gasteiger partial charge < -0.3 is 0 Å². The molecule has 0 aliphatic rings. The van der Waals surface area contributed by atoms with E-state index in [4.69, 9.17) is 5.26 Å². The zero-order valence-corrected chi connectivity index (χ0v) is 18.4. The van der Waals surface area contributed by atoms with Gasteiger partial charge in [-0.2, -0.15) is 23.5 Å². The normalized spacial score (nSPS) is 11.3. The Morgan fingerprint density at radius 1 is 1.06 bits per heavy atom. The van der Waals surface area contributed by atoms with Gasteiger partial charge in [0, 0.05) is 18.9 Å². The summed E-state index contributed by atoms with van der Waals surface area (Å²) < 4.78 is 42.8. The first-order valence-corrected chi connectivity index (χ1v) is 10.1. The van der Waals surface area contributed by atoms with Crippen LogP contribution in [0.5, 0.6) is 0 Å². The lowest BCUT2D eigenvalue weighted by Crippen LogP contribution is -2.39. The number of alkyl halides is 3. The molecule has 0 spiro atoms. The maximum atomic E-state index is 13.3. The van der Waals surface area contributed by atoms with E-state index < -0.39 is 23.0 Å². The second-order valence-electron chi connectivity index (χ2n) is 7.65. The Morgan fingerprint density at radius 3 is 2.40 bits per heavy atom. The highest BCUT2D eigenvalue weighted by atomic mass is 19.4. The van der Waals surface area contributed by atoms with Gasteiger partial charge in [-0.1, -0.05) is 12.1 Å². The molecule has 0 saturated heterocycles. The molecule has 0 amide bonds. The molecule has 2 aromatic heterocycles. The van der Waals surface area contributed by atoms with Crippen LogP contribution in [0.2, 0.25) is 0 Å². The number of rotatable bonds is 4. The monoisotopic (exact) mass is 479 g/mol. The van der Waals surface area contributed by atoms with Gasteiger partial charge in [-0.05, 0) is 43.3 Å². The molecule has 2 aromatic carbocycles. The molecule has 0 fully saturated rings. The van der Waals surface area contributed by atoms with Gasteiger partial charge in [0.05, 0.1) is 39.7 Å². The fourth-order valence-electron chi connectivity index (χ4n) is 3.73. The van der Waals surface area contributed by atoms with Crippen LogP contribution >= 0.6 is 0 Å². The summed E-state index contributed by atoms with van der Waals surface area (Å²) in [5, 5.41) is 13.5. The van der Waals surface area contributed by atoms with Crippen molar-refractivity contribution < 1.29 is 18.0 Å². The average molecular weight is 479 g/mol. The number of halogens is 3. The molecule has 2 heterocycles. The van der Waals surface area contributed by atoms with Crippen molar-refractivity contribution in [3.63, 3.8) is 0 Å². The highest BCUT2D eigenvalue weighted by Crippen LogP contribution is 2.31. The summed E-state index contributed by atoms with van der Waals surface area (Å²) in [7, 11) is 1.19. The molecule has 0 N–H and O–H groups in total. The van der Waals surface area contributed by atoms with E-state index in [1.807, 2.05) is 6.07 Å². The van der Waals surface area contributed by atoms with Gasteiger partial charge in [0.1, 0.15) is 5.69 Å². The number of nitrogens with zero attached hydrogens (tertiary/aromatic N) is 5. The Bertz CT molecular complexity index is 1640. The summed E-state index contributed by atoms with van der Waals surface area (Å²) in [5.74, 6) is 0. The van der Waals surface area contributed by atoms with Crippen molar-refractivity contribution in [3.05, 3.63) is 98.0 Å². The summed E-state index contributed by atoms with van der Waals surface area (Å²) in [6.07, 6.45) is -2.80. The van der Waals surface area contributed by atoms with E-state index >= 15 is 0 Å². The van der Waals surface area contributed by atoms with Gasteiger partial charge in [-0.3, -0.25) is 18.7 Å². The van der Waals surface area contributed by atoms with Crippen LogP contribution < -0.4 is 11.2 Å². The number of aldehydes is 1. The van der Waals surface area contributed by atoms with Crippen LogP contribution in [-0.2, 0) is 13.2 Å².